The highest BCUT2D eigenvalue weighted by Crippen LogP contribution is 2.35. The van der Waals surface area contributed by atoms with Crippen LogP contribution in [0.2, 0.25) is 0 Å². The molecule has 1 aliphatic heterocycles. The van der Waals surface area contributed by atoms with Gasteiger partial charge in [0.2, 0.25) is 5.88 Å². The first-order valence-corrected chi connectivity index (χ1v) is 17.6. The summed E-state index contributed by atoms with van der Waals surface area (Å²) in [5.41, 5.74) is 5.24. The number of pyridine rings is 1. The Morgan fingerprint density at radius 3 is 2.59 bits per heavy atom. The summed E-state index contributed by atoms with van der Waals surface area (Å²) in [5, 5.41) is 13.2. The monoisotopic (exact) mass is 702 g/mol. The molecule has 2 fully saturated rings. The van der Waals surface area contributed by atoms with Gasteiger partial charge in [0.25, 0.3) is 0 Å². The molecule has 0 bridgehead atoms. The summed E-state index contributed by atoms with van der Waals surface area (Å²) < 4.78 is 26.3. The van der Waals surface area contributed by atoms with Gasteiger partial charge in [-0.2, -0.15) is 5.10 Å². The number of amides is 1. The van der Waals surface area contributed by atoms with E-state index in [9.17, 15) is 9.59 Å². The van der Waals surface area contributed by atoms with Crippen LogP contribution in [0.1, 0.15) is 56.1 Å². The zero-order valence-corrected chi connectivity index (χ0v) is 30.7. The molecule has 274 valence electrons. The number of ether oxygens (including phenoxy) is 4. The predicted molar refractivity (Wildman–Crippen MR) is 192 cm³/mol. The molecule has 2 aliphatic rings. The number of anilines is 1. The summed E-state index contributed by atoms with van der Waals surface area (Å²) in [5.74, 6) is 0.937. The van der Waals surface area contributed by atoms with E-state index in [1.807, 2.05) is 40.8 Å². The lowest BCUT2D eigenvalue weighted by Gasteiger charge is -2.42. The van der Waals surface area contributed by atoms with Crippen molar-refractivity contribution in [1.29, 1.82) is 5.41 Å². The molecule has 0 unspecified atom stereocenters. The van der Waals surface area contributed by atoms with Crippen LogP contribution in [0.15, 0.2) is 36.5 Å². The third-order valence-electron chi connectivity index (χ3n) is 9.71. The van der Waals surface area contributed by atoms with E-state index in [-0.39, 0.29) is 12.1 Å². The second-order valence-corrected chi connectivity index (χ2v) is 14.7. The molecule has 14 nitrogen and oxygen atoms in total. The van der Waals surface area contributed by atoms with Crippen molar-refractivity contribution in [3.63, 3.8) is 0 Å². The number of fused-ring (bicyclic) bond motifs is 1. The summed E-state index contributed by atoms with van der Waals surface area (Å²) in [7, 11) is 4.85. The van der Waals surface area contributed by atoms with E-state index in [0.29, 0.717) is 73.1 Å². The average molecular weight is 703 g/mol. The van der Waals surface area contributed by atoms with Crippen molar-refractivity contribution >= 4 is 28.8 Å². The van der Waals surface area contributed by atoms with Crippen molar-refractivity contribution in [1.82, 2.24) is 29.2 Å². The Kier molecular flexibility index (Phi) is 10.4. The van der Waals surface area contributed by atoms with E-state index in [4.69, 9.17) is 24.4 Å². The first-order valence-electron chi connectivity index (χ1n) is 17.6. The summed E-state index contributed by atoms with van der Waals surface area (Å²) in [6, 6.07) is 9.53. The van der Waals surface area contributed by atoms with Crippen molar-refractivity contribution in [2.24, 2.45) is 18.9 Å². The maximum atomic E-state index is 13.0. The molecule has 2 N–H and O–H groups in total. The fourth-order valence-corrected chi connectivity index (χ4v) is 7.30. The van der Waals surface area contributed by atoms with Crippen molar-refractivity contribution in [2.75, 3.05) is 52.0 Å². The molecule has 6 rings (SSSR count). The number of rotatable bonds is 10. The summed E-state index contributed by atoms with van der Waals surface area (Å²) in [6.07, 6.45) is 4.44. The number of aryl methyl sites for hydroxylation is 2. The molecule has 0 radical (unpaired) electrons. The predicted octanol–water partition coefficient (Wildman–Crippen LogP) is 4.91. The highest BCUT2D eigenvalue weighted by atomic mass is 16.6. The summed E-state index contributed by atoms with van der Waals surface area (Å²) in [6.45, 7) is 11.0. The molecule has 1 saturated carbocycles. The van der Waals surface area contributed by atoms with E-state index in [2.05, 4.69) is 36.7 Å². The number of nitrogens with one attached hydrogen (secondary N) is 2. The molecule has 4 aromatic rings. The molecule has 51 heavy (non-hydrogen) atoms. The average Bonchev–Trinajstić information content (AvgIpc) is 3.78. The van der Waals surface area contributed by atoms with Gasteiger partial charge < -0.3 is 33.4 Å². The highest BCUT2D eigenvalue weighted by molar-refractivity contribution is 5.91. The number of aromatic amines is 1. The van der Waals surface area contributed by atoms with E-state index in [0.717, 1.165) is 48.1 Å². The van der Waals surface area contributed by atoms with Crippen LogP contribution in [-0.2, 0) is 27.8 Å². The Labute approximate surface area is 298 Å². The van der Waals surface area contributed by atoms with E-state index in [1.165, 1.54) is 7.11 Å². The number of carbonyl (C=O) groups excluding carboxylic acids is 2. The Balaban J connectivity index is 1.11. The number of aromatic nitrogens is 5. The van der Waals surface area contributed by atoms with Crippen molar-refractivity contribution in [3.05, 3.63) is 53.4 Å². The van der Waals surface area contributed by atoms with Crippen LogP contribution < -0.4 is 15.3 Å². The van der Waals surface area contributed by atoms with Crippen LogP contribution >= 0.6 is 0 Å². The molecule has 0 spiro atoms. The van der Waals surface area contributed by atoms with Gasteiger partial charge in [0.15, 0.2) is 5.62 Å². The third-order valence-corrected chi connectivity index (χ3v) is 9.71. The smallest absolute Gasteiger partial charge is 0.410 e. The number of hydrogen-bond donors (Lipinski definition) is 2. The number of nitrogens with zero attached hydrogens (tertiary/aromatic N) is 6. The molecule has 14 heteroatoms. The zero-order chi connectivity index (χ0) is 36.4. The van der Waals surface area contributed by atoms with Gasteiger partial charge in [0, 0.05) is 51.7 Å². The molecular formula is C37H50N8O6. The Morgan fingerprint density at radius 1 is 1.06 bits per heavy atom. The Bertz CT molecular complexity index is 1940. The molecule has 4 heterocycles. The normalized spacial score (nSPS) is 19.5. The van der Waals surface area contributed by atoms with Crippen LogP contribution in [0.25, 0.3) is 22.3 Å². The fourth-order valence-electron chi connectivity index (χ4n) is 7.30. The number of imidazole rings is 1. The van der Waals surface area contributed by atoms with Crippen LogP contribution in [-0.4, -0.2) is 100.0 Å². The third kappa shape index (κ3) is 8.06. The maximum Gasteiger partial charge on any atom is 0.410 e. The number of H-pyrrole nitrogens is 1. The molecule has 3 atom stereocenters. The maximum absolute atomic E-state index is 13.0. The van der Waals surface area contributed by atoms with Crippen LogP contribution in [0.4, 0.5) is 10.5 Å². The molecule has 3 aromatic heterocycles. The number of methoxy groups -OCH3 is 2. The van der Waals surface area contributed by atoms with E-state index in [1.54, 1.807) is 35.0 Å². The molecular weight excluding hydrogens is 652 g/mol. The van der Waals surface area contributed by atoms with Crippen molar-refractivity contribution in [3.8, 4) is 17.1 Å². The van der Waals surface area contributed by atoms with Crippen molar-refractivity contribution in [2.45, 2.75) is 65.1 Å². The van der Waals surface area contributed by atoms with Crippen molar-refractivity contribution < 1.29 is 28.5 Å². The quantitative estimate of drug-likeness (QED) is 0.220. The van der Waals surface area contributed by atoms with Gasteiger partial charge in [0.05, 0.1) is 60.4 Å². The molecule has 1 amide bonds. The number of carbonyl (C=O) groups is 2. The van der Waals surface area contributed by atoms with Crippen LogP contribution in [0.3, 0.4) is 0 Å². The topological polar surface area (TPSA) is 153 Å². The number of piperazine rings is 1. The van der Waals surface area contributed by atoms with E-state index < -0.39 is 11.6 Å². The second kappa shape index (κ2) is 14.8. The second-order valence-electron chi connectivity index (χ2n) is 14.7. The first-order chi connectivity index (χ1) is 24.3. The largest absolute Gasteiger partial charge is 0.477 e. The van der Waals surface area contributed by atoms with Crippen LogP contribution in [0, 0.1) is 24.2 Å². The minimum absolute atomic E-state index is 0.148. The standard InChI is InChI=1S/C37H50N8O6/c1-23-14-26(34(46)49-7)16-31(40-23)29-18-39-42(5)33(29)50-21-25-9-8-24(15-25)19-45-32-17-27(10-11-30(32)41-35(45)38)43-12-13-44(28(20-43)22-48-6)36(47)51-37(2,3)4/h10-11,14,16-18,24-25,28H,8-9,12-13,15,19-22H2,1-7H3,(H2,38,41)/t24-,25+,28+/m1/s1. The fraction of sp³-hybridized carbons (Fsp3) is 0.541. The van der Waals surface area contributed by atoms with E-state index >= 15 is 0 Å². The lowest BCUT2D eigenvalue weighted by Crippen LogP contribution is -2.57. The Hall–Kier alpha value is -4.85. The van der Waals surface area contributed by atoms with Gasteiger partial charge in [-0.3, -0.25) is 15.3 Å². The molecule has 1 saturated heterocycles. The first kappa shape index (κ1) is 36.0. The highest BCUT2D eigenvalue weighted by Gasteiger charge is 2.34. The molecule has 1 aliphatic carbocycles. The lowest BCUT2D eigenvalue weighted by atomic mass is 10.1. The van der Waals surface area contributed by atoms with Gasteiger partial charge in [-0.1, -0.05) is 0 Å². The number of hydrogen-bond acceptors (Lipinski definition) is 10. The zero-order valence-electron chi connectivity index (χ0n) is 30.7. The minimum Gasteiger partial charge on any atom is -0.477 e. The SMILES string of the molecule is COC[C@@H]1CN(c2ccc3[nH]c(=N)n(C[C@@H]4CC[C@H](COc5c(-c6cc(C(=O)OC)cc(C)n6)cnn5C)C4)c3c2)CCN1C(=O)OC(C)(C)C. The van der Waals surface area contributed by atoms with Gasteiger partial charge in [0.1, 0.15) is 5.60 Å². The minimum atomic E-state index is -0.570. The van der Waals surface area contributed by atoms with Crippen LogP contribution in [0.5, 0.6) is 5.88 Å². The number of esters is 1. The van der Waals surface area contributed by atoms with Gasteiger partial charge in [-0.05, 0) is 89.1 Å². The van der Waals surface area contributed by atoms with Gasteiger partial charge in [-0.15, -0.1) is 0 Å². The molecule has 1 aromatic carbocycles. The number of benzene rings is 1. The van der Waals surface area contributed by atoms with Gasteiger partial charge in [-0.25, -0.2) is 14.3 Å². The lowest BCUT2D eigenvalue weighted by molar-refractivity contribution is 0.00342. The van der Waals surface area contributed by atoms with Gasteiger partial charge >= 0.3 is 12.1 Å². The summed E-state index contributed by atoms with van der Waals surface area (Å²) in [4.78, 5) is 37.1. The summed E-state index contributed by atoms with van der Waals surface area (Å²) >= 11 is 0. The Morgan fingerprint density at radius 2 is 1.84 bits per heavy atom.